The molecular weight excluding hydrogens is 392 g/mol. The Morgan fingerprint density at radius 3 is 2.23 bits per heavy atom. The molecule has 0 radical (unpaired) electrons. The van der Waals surface area contributed by atoms with Crippen molar-refractivity contribution in [2.45, 2.75) is 33.3 Å². The third kappa shape index (κ3) is 4.40. The van der Waals surface area contributed by atoms with Crippen LogP contribution in [-0.4, -0.2) is 63.0 Å². The van der Waals surface area contributed by atoms with Gasteiger partial charge in [-0.1, -0.05) is 30.3 Å². The number of carbonyl (C=O) groups is 2. The monoisotopic (exact) mass is 420 g/mol. The highest BCUT2D eigenvalue weighted by atomic mass is 16.6. The third-order valence-electron chi connectivity index (χ3n) is 5.31. The lowest BCUT2D eigenvalue weighted by Crippen LogP contribution is -2.51. The lowest BCUT2D eigenvalue weighted by atomic mass is 10.1. The van der Waals surface area contributed by atoms with Gasteiger partial charge in [0.1, 0.15) is 11.2 Å². The summed E-state index contributed by atoms with van der Waals surface area (Å²) in [6, 6.07) is 13.7. The van der Waals surface area contributed by atoms with Crippen molar-refractivity contribution in [2.24, 2.45) is 0 Å². The van der Waals surface area contributed by atoms with E-state index in [4.69, 9.17) is 4.74 Å². The molecule has 162 valence electrons. The van der Waals surface area contributed by atoms with E-state index >= 15 is 0 Å². The summed E-state index contributed by atoms with van der Waals surface area (Å²) in [5, 5.41) is 0. The fraction of sp³-hybridized carbons (Fsp3) is 0.375. The Hall–Kier alpha value is -3.35. The van der Waals surface area contributed by atoms with Crippen molar-refractivity contribution >= 4 is 17.6 Å². The van der Waals surface area contributed by atoms with Crippen molar-refractivity contribution in [1.29, 1.82) is 0 Å². The van der Waals surface area contributed by atoms with Gasteiger partial charge in [0.05, 0.1) is 17.0 Å². The summed E-state index contributed by atoms with van der Waals surface area (Å²) < 4.78 is 7.42. The highest BCUT2D eigenvalue weighted by Gasteiger charge is 2.28. The minimum Gasteiger partial charge on any atom is -0.444 e. The van der Waals surface area contributed by atoms with Crippen LogP contribution in [0.2, 0.25) is 0 Å². The van der Waals surface area contributed by atoms with Gasteiger partial charge in [0.2, 0.25) is 0 Å². The summed E-state index contributed by atoms with van der Waals surface area (Å²) in [6.07, 6.45) is 1.53. The van der Waals surface area contributed by atoms with E-state index in [1.165, 1.54) is 0 Å². The zero-order valence-electron chi connectivity index (χ0n) is 18.5. The summed E-state index contributed by atoms with van der Waals surface area (Å²) in [6.45, 7) is 9.40. The number of amides is 2. The first-order valence-corrected chi connectivity index (χ1v) is 10.5. The molecule has 7 nitrogen and oxygen atoms in total. The molecule has 0 bridgehead atoms. The number of fused-ring (bicyclic) bond motifs is 1. The summed E-state index contributed by atoms with van der Waals surface area (Å²) in [4.78, 5) is 33.5. The Balaban J connectivity index is 1.52. The number of benzene rings is 1. The van der Waals surface area contributed by atoms with Crippen LogP contribution in [0.4, 0.5) is 4.79 Å². The zero-order valence-corrected chi connectivity index (χ0v) is 18.5. The number of piperazine rings is 1. The molecule has 0 spiro atoms. The van der Waals surface area contributed by atoms with Crippen molar-refractivity contribution < 1.29 is 14.3 Å². The lowest BCUT2D eigenvalue weighted by Gasteiger charge is -2.35. The maximum atomic E-state index is 13.2. The first-order valence-electron chi connectivity index (χ1n) is 10.5. The van der Waals surface area contributed by atoms with Gasteiger partial charge in [-0.3, -0.25) is 9.20 Å². The van der Waals surface area contributed by atoms with Gasteiger partial charge < -0.3 is 14.5 Å². The number of hydrogen-bond donors (Lipinski definition) is 0. The maximum Gasteiger partial charge on any atom is 0.410 e. The molecule has 1 aliphatic rings. The number of imidazole rings is 1. The first-order chi connectivity index (χ1) is 14.7. The summed E-state index contributed by atoms with van der Waals surface area (Å²) in [5.41, 5.74) is 3.85. The van der Waals surface area contributed by atoms with E-state index in [-0.39, 0.29) is 12.0 Å². The Kier molecular flexibility index (Phi) is 5.43. The lowest BCUT2D eigenvalue weighted by molar-refractivity contribution is 0.0141. The van der Waals surface area contributed by atoms with Crippen molar-refractivity contribution in [3.63, 3.8) is 0 Å². The molecular formula is C24H28N4O3. The molecule has 0 atom stereocenters. The number of carbonyl (C=O) groups excluding carboxylic acids is 2. The van der Waals surface area contributed by atoms with Gasteiger partial charge in [0.15, 0.2) is 0 Å². The summed E-state index contributed by atoms with van der Waals surface area (Å²) >= 11 is 0. The van der Waals surface area contributed by atoms with Crippen LogP contribution in [0.1, 0.15) is 36.8 Å². The van der Waals surface area contributed by atoms with Crippen molar-refractivity contribution in [3.05, 3.63) is 59.9 Å². The van der Waals surface area contributed by atoms with Crippen LogP contribution in [0, 0.1) is 6.92 Å². The van der Waals surface area contributed by atoms with Crippen LogP contribution >= 0.6 is 0 Å². The smallest absolute Gasteiger partial charge is 0.410 e. The predicted molar refractivity (Wildman–Crippen MR) is 119 cm³/mol. The molecule has 31 heavy (non-hydrogen) atoms. The normalized spacial score (nSPS) is 14.7. The largest absolute Gasteiger partial charge is 0.444 e. The minimum absolute atomic E-state index is 0.0453. The van der Waals surface area contributed by atoms with Crippen LogP contribution in [-0.2, 0) is 4.74 Å². The molecule has 1 fully saturated rings. The second-order valence-corrected chi connectivity index (χ2v) is 8.82. The molecule has 7 heteroatoms. The number of ether oxygens (including phenoxy) is 1. The molecule has 1 aliphatic heterocycles. The molecule has 1 aromatic carbocycles. The Bertz CT molecular complexity index is 1110. The SMILES string of the molecule is Cc1nc2ccc(C(=O)N3CCN(C(=O)OC(C)(C)C)CC3)cn2c1-c1ccccc1. The highest BCUT2D eigenvalue weighted by Crippen LogP contribution is 2.25. The van der Waals surface area contributed by atoms with E-state index in [0.717, 1.165) is 22.6 Å². The van der Waals surface area contributed by atoms with Crippen molar-refractivity contribution in [2.75, 3.05) is 26.2 Å². The van der Waals surface area contributed by atoms with Gasteiger partial charge in [-0.2, -0.15) is 0 Å². The summed E-state index contributed by atoms with van der Waals surface area (Å²) in [7, 11) is 0. The van der Waals surface area contributed by atoms with Gasteiger partial charge in [0, 0.05) is 37.9 Å². The van der Waals surface area contributed by atoms with Gasteiger partial charge in [-0.05, 0) is 39.8 Å². The molecule has 0 aliphatic carbocycles. The predicted octanol–water partition coefficient (Wildman–Crippen LogP) is 4.00. The van der Waals surface area contributed by atoms with Gasteiger partial charge in [-0.15, -0.1) is 0 Å². The van der Waals surface area contributed by atoms with E-state index in [0.29, 0.717) is 31.7 Å². The number of aromatic nitrogens is 2. The second-order valence-electron chi connectivity index (χ2n) is 8.82. The van der Waals surface area contributed by atoms with E-state index in [1.807, 2.05) is 80.8 Å². The summed E-state index contributed by atoms with van der Waals surface area (Å²) in [5.74, 6) is -0.0453. The number of hydrogen-bond acceptors (Lipinski definition) is 4. The molecule has 0 N–H and O–H groups in total. The number of rotatable bonds is 2. The van der Waals surface area contributed by atoms with E-state index in [9.17, 15) is 9.59 Å². The molecule has 3 aromatic rings. The van der Waals surface area contributed by atoms with Crippen LogP contribution < -0.4 is 0 Å². The Labute approximate surface area is 182 Å². The second kappa shape index (κ2) is 8.06. The van der Waals surface area contributed by atoms with Crippen LogP contribution in [0.5, 0.6) is 0 Å². The third-order valence-corrected chi connectivity index (χ3v) is 5.31. The molecule has 2 amide bonds. The van der Waals surface area contributed by atoms with Gasteiger partial charge >= 0.3 is 6.09 Å². The zero-order chi connectivity index (χ0) is 22.2. The van der Waals surface area contributed by atoms with E-state index in [2.05, 4.69) is 4.98 Å². The topological polar surface area (TPSA) is 67.2 Å². The fourth-order valence-electron chi connectivity index (χ4n) is 3.83. The fourth-order valence-corrected chi connectivity index (χ4v) is 3.83. The molecule has 0 saturated carbocycles. The number of nitrogens with zero attached hydrogens (tertiary/aromatic N) is 4. The molecule has 1 saturated heterocycles. The average molecular weight is 421 g/mol. The first kappa shape index (κ1) is 20.9. The van der Waals surface area contributed by atoms with E-state index in [1.54, 1.807) is 9.80 Å². The van der Waals surface area contributed by atoms with Crippen LogP contribution in [0.3, 0.4) is 0 Å². The Morgan fingerprint density at radius 1 is 0.935 bits per heavy atom. The van der Waals surface area contributed by atoms with Crippen molar-refractivity contribution in [1.82, 2.24) is 19.2 Å². The van der Waals surface area contributed by atoms with Crippen LogP contribution in [0.25, 0.3) is 16.9 Å². The number of pyridine rings is 1. The van der Waals surface area contributed by atoms with Crippen molar-refractivity contribution in [3.8, 4) is 11.3 Å². The van der Waals surface area contributed by atoms with Gasteiger partial charge in [0.25, 0.3) is 5.91 Å². The van der Waals surface area contributed by atoms with E-state index < -0.39 is 5.60 Å². The molecule has 0 unspecified atom stereocenters. The number of aryl methyl sites for hydroxylation is 1. The quantitative estimate of drug-likeness (QED) is 0.628. The maximum absolute atomic E-state index is 13.2. The molecule has 2 aromatic heterocycles. The van der Waals surface area contributed by atoms with Gasteiger partial charge in [-0.25, -0.2) is 9.78 Å². The standard InChI is InChI=1S/C24H28N4O3/c1-17-21(18-8-6-5-7-9-18)28-16-19(10-11-20(28)25-17)22(29)26-12-14-27(15-13-26)23(30)31-24(2,3)4/h5-11,16H,12-15H2,1-4H3. The van der Waals surface area contributed by atoms with Crippen LogP contribution in [0.15, 0.2) is 48.7 Å². The molecule has 4 rings (SSSR count). The Morgan fingerprint density at radius 2 is 1.58 bits per heavy atom. The highest BCUT2D eigenvalue weighted by molar-refractivity contribution is 5.94. The molecule has 3 heterocycles. The average Bonchev–Trinajstić information content (AvgIpc) is 3.07. The minimum atomic E-state index is -0.529.